The average Bonchev–Trinajstić information content (AvgIpc) is 2.72. The molecule has 0 spiro atoms. The van der Waals surface area contributed by atoms with E-state index < -0.39 is 12.1 Å². The molecule has 1 heterocycles. The minimum Gasteiger partial charge on any atom is -0.392 e. The summed E-state index contributed by atoms with van der Waals surface area (Å²) in [5.41, 5.74) is 2.62. The minimum absolute atomic E-state index is 0.0135. The molecule has 1 aliphatic heterocycles. The summed E-state index contributed by atoms with van der Waals surface area (Å²) >= 11 is 0. The number of hydrogen-bond acceptors (Lipinski definition) is 4. The van der Waals surface area contributed by atoms with E-state index in [2.05, 4.69) is 5.32 Å². The predicted octanol–water partition coefficient (Wildman–Crippen LogP) is 2.17. The summed E-state index contributed by atoms with van der Waals surface area (Å²) in [5, 5.41) is 12.0. The summed E-state index contributed by atoms with van der Waals surface area (Å²) in [4.78, 5) is 27.2. The number of hydrogen-bond donors (Lipinski definition) is 2. The van der Waals surface area contributed by atoms with Crippen LogP contribution in [0.4, 0.5) is 0 Å². The molecule has 2 aromatic rings. The lowest BCUT2D eigenvalue weighted by molar-refractivity contribution is -0.167. The van der Waals surface area contributed by atoms with Gasteiger partial charge in [-0.2, -0.15) is 0 Å². The van der Waals surface area contributed by atoms with Gasteiger partial charge in [-0.1, -0.05) is 54.6 Å². The molecule has 3 rings (SSSR count). The van der Waals surface area contributed by atoms with Gasteiger partial charge in [0.2, 0.25) is 5.91 Å². The van der Waals surface area contributed by atoms with Crippen LogP contribution in [0.3, 0.4) is 0 Å². The molecule has 1 aliphatic rings. The first-order valence-corrected chi connectivity index (χ1v) is 9.45. The molecule has 2 N–H and O–H groups in total. The van der Waals surface area contributed by atoms with Gasteiger partial charge in [0, 0.05) is 12.6 Å². The molecule has 148 valence electrons. The third-order valence-electron chi connectivity index (χ3n) is 4.89. The monoisotopic (exact) mass is 382 g/mol. The molecule has 0 saturated carbocycles. The van der Waals surface area contributed by atoms with Crippen LogP contribution in [0.1, 0.15) is 36.6 Å². The number of morpholine rings is 1. The second-order valence-electron chi connectivity index (χ2n) is 7.17. The summed E-state index contributed by atoms with van der Waals surface area (Å²) in [7, 11) is 0. The zero-order valence-electron chi connectivity index (χ0n) is 16.2. The van der Waals surface area contributed by atoms with Crippen LogP contribution in [0, 0.1) is 0 Å². The van der Waals surface area contributed by atoms with Gasteiger partial charge in [-0.15, -0.1) is 0 Å². The van der Waals surface area contributed by atoms with Crippen LogP contribution in [-0.2, 0) is 27.5 Å². The molecule has 0 aliphatic carbocycles. The van der Waals surface area contributed by atoms with Crippen LogP contribution in [0.2, 0.25) is 0 Å². The van der Waals surface area contributed by atoms with Crippen LogP contribution in [0.15, 0.2) is 54.6 Å². The van der Waals surface area contributed by atoms with Crippen LogP contribution >= 0.6 is 0 Å². The van der Waals surface area contributed by atoms with Crippen molar-refractivity contribution in [3.63, 3.8) is 0 Å². The Morgan fingerprint density at radius 1 is 1.14 bits per heavy atom. The van der Waals surface area contributed by atoms with Crippen LogP contribution in [0.25, 0.3) is 0 Å². The van der Waals surface area contributed by atoms with Crippen molar-refractivity contribution in [3.05, 3.63) is 71.3 Å². The first-order valence-electron chi connectivity index (χ1n) is 9.45. The fourth-order valence-corrected chi connectivity index (χ4v) is 3.49. The molecule has 2 aromatic carbocycles. The molecule has 1 fully saturated rings. The molecule has 0 aromatic heterocycles. The van der Waals surface area contributed by atoms with Gasteiger partial charge in [-0.3, -0.25) is 9.59 Å². The maximum absolute atomic E-state index is 12.9. The second kappa shape index (κ2) is 8.99. The van der Waals surface area contributed by atoms with Crippen molar-refractivity contribution >= 4 is 11.8 Å². The number of carbonyl (C=O) groups excluding carboxylic acids is 2. The molecule has 0 bridgehead atoms. The van der Waals surface area contributed by atoms with Crippen LogP contribution in [0.5, 0.6) is 0 Å². The predicted molar refractivity (Wildman–Crippen MR) is 105 cm³/mol. The van der Waals surface area contributed by atoms with Crippen molar-refractivity contribution in [3.8, 4) is 0 Å². The summed E-state index contributed by atoms with van der Waals surface area (Å²) in [6.45, 7) is 4.11. The Bertz CT molecular complexity index is 805. The number of amides is 2. The van der Waals surface area contributed by atoms with Crippen molar-refractivity contribution in [2.24, 2.45) is 0 Å². The number of nitrogens with zero attached hydrogens (tertiary/aromatic N) is 1. The van der Waals surface area contributed by atoms with Crippen molar-refractivity contribution in [1.82, 2.24) is 10.2 Å². The first-order chi connectivity index (χ1) is 13.5. The molecule has 1 saturated heterocycles. The summed E-state index contributed by atoms with van der Waals surface area (Å²) in [5.74, 6) is -0.370. The highest BCUT2D eigenvalue weighted by molar-refractivity contribution is 5.86. The first kappa shape index (κ1) is 20.0. The fraction of sp³-hybridized carbons (Fsp3) is 0.364. The highest BCUT2D eigenvalue weighted by Crippen LogP contribution is 2.32. The van der Waals surface area contributed by atoms with E-state index in [4.69, 9.17) is 9.84 Å². The topological polar surface area (TPSA) is 78.9 Å². The van der Waals surface area contributed by atoms with Crippen molar-refractivity contribution in [2.45, 2.75) is 45.2 Å². The molecule has 2 amide bonds. The van der Waals surface area contributed by atoms with Gasteiger partial charge >= 0.3 is 0 Å². The van der Waals surface area contributed by atoms with E-state index in [1.54, 1.807) is 4.90 Å². The maximum atomic E-state index is 12.9. The molecule has 0 unspecified atom stereocenters. The van der Waals surface area contributed by atoms with Gasteiger partial charge in [-0.25, -0.2) is 0 Å². The SMILES string of the molecule is CC(C)N1C(=O)CO[C@H](C(=O)NCc2ccc(CO)cc2)[C@H]1c1ccccc1. The molecular weight excluding hydrogens is 356 g/mol. The lowest BCUT2D eigenvalue weighted by Gasteiger charge is -2.42. The normalized spacial score (nSPS) is 19.7. The summed E-state index contributed by atoms with van der Waals surface area (Å²) < 4.78 is 5.69. The Morgan fingerprint density at radius 3 is 2.39 bits per heavy atom. The van der Waals surface area contributed by atoms with E-state index in [1.165, 1.54) is 0 Å². The molecule has 2 atom stereocenters. The van der Waals surface area contributed by atoms with E-state index >= 15 is 0 Å². The highest BCUT2D eigenvalue weighted by atomic mass is 16.5. The fourth-order valence-electron chi connectivity index (χ4n) is 3.49. The van der Waals surface area contributed by atoms with Crippen molar-refractivity contribution in [1.29, 1.82) is 0 Å². The van der Waals surface area contributed by atoms with Gasteiger partial charge in [0.15, 0.2) is 6.10 Å². The highest BCUT2D eigenvalue weighted by Gasteiger charge is 2.42. The molecule has 28 heavy (non-hydrogen) atoms. The van der Waals surface area contributed by atoms with Gasteiger partial charge in [0.1, 0.15) is 6.61 Å². The minimum atomic E-state index is -0.779. The van der Waals surface area contributed by atoms with E-state index in [1.807, 2.05) is 68.4 Å². The summed E-state index contributed by atoms with van der Waals surface area (Å²) in [6, 6.07) is 16.4. The standard InChI is InChI=1S/C22H26N2O4/c1-15(2)24-19(26)14-28-21(20(24)18-6-4-3-5-7-18)22(27)23-12-16-8-10-17(13-25)11-9-16/h3-11,15,20-21,25H,12-14H2,1-2H3,(H,23,27)/t20-,21+/m1/s1. The average molecular weight is 382 g/mol. The zero-order chi connectivity index (χ0) is 20.1. The maximum Gasteiger partial charge on any atom is 0.251 e. The largest absolute Gasteiger partial charge is 0.392 e. The number of ether oxygens (including phenoxy) is 1. The Balaban J connectivity index is 1.78. The molecular formula is C22H26N2O4. The number of aliphatic hydroxyl groups excluding tert-OH is 1. The third-order valence-corrected chi connectivity index (χ3v) is 4.89. The lowest BCUT2D eigenvalue weighted by atomic mass is 9.95. The van der Waals surface area contributed by atoms with Gasteiger partial charge in [0.25, 0.3) is 5.91 Å². The smallest absolute Gasteiger partial charge is 0.251 e. The third kappa shape index (κ3) is 4.40. The lowest BCUT2D eigenvalue weighted by Crippen LogP contribution is -2.56. The zero-order valence-corrected chi connectivity index (χ0v) is 16.2. The molecule has 6 nitrogen and oxygen atoms in total. The second-order valence-corrected chi connectivity index (χ2v) is 7.17. The Morgan fingerprint density at radius 2 is 1.79 bits per heavy atom. The van der Waals surface area contributed by atoms with Crippen LogP contribution < -0.4 is 5.32 Å². The van der Waals surface area contributed by atoms with Gasteiger partial charge < -0.3 is 20.1 Å². The van der Waals surface area contributed by atoms with E-state index in [0.717, 1.165) is 16.7 Å². The van der Waals surface area contributed by atoms with Crippen molar-refractivity contribution < 1.29 is 19.4 Å². The Kier molecular flexibility index (Phi) is 6.44. The van der Waals surface area contributed by atoms with E-state index in [9.17, 15) is 9.59 Å². The summed E-state index contributed by atoms with van der Waals surface area (Å²) in [6.07, 6.45) is -0.779. The Labute approximate surface area is 165 Å². The molecule has 6 heteroatoms. The number of nitrogens with one attached hydrogen (secondary N) is 1. The number of aliphatic hydroxyl groups is 1. The van der Waals surface area contributed by atoms with Crippen LogP contribution in [-0.4, -0.2) is 40.6 Å². The van der Waals surface area contributed by atoms with Gasteiger partial charge in [0.05, 0.1) is 12.6 Å². The number of rotatable bonds is 6. The number of benzene rings is 2. The van der Waals surface area contributed by atoms with Gasteiger partial charge in [-0.05, 0) is 30.5 Å². The number of carbonyl (C=O) groups is 2. The quantitative estimate of drug-likeness (QED) is 0.803. The van der Waals surface area contributed by atoms with E-state index in [0.29, 0.717) is 6.54 Å². The Hall–Kier alpha value is -2.70. The molecule has 0 radical (unpaired) electrons. The van der Waals surface area contributed by atoms with Crippen molar-refractivity contribution in [2.75, 3.05) is 6.61 Å². The van der Waals surface area contributed by atoms with E-state index in [-0.39, 0.29) is 31.1 Å².